The van der Waals surface area contributed by atoms with Crippen LogP contribution >= 0.6 is 0 Å². The van der Waals surface area contributed by atoms with Gasteiger partial charge in [0.25, 0.3) is 5.91 Å². The average Bonchev–Trinajstić information content (AvgIpc) is 2.98. The van der Waals surface area contributed by atoms with E-state index in [2.05, 4.69) is 21.9 Å². The summed E-state index contributed by atoms with van der Waals surface area (Å²) >= 11 is 0. The molecule has 0 bridgehead atoms. The van der Waals surface area contributed by atoms with Gasteiger partial charge in [-0.05, 0) is 43.5 Å². The maximum Gasteiger partial charge on any atom is 0.286 e. The smallest absolute Gasteiger partial charge is 0.286 e. The number of nitrogens with one attached hydrogen (secondary N) is 3. The number of carbonyl (C=O) groups is 2. The van der Waals surface area contributed by atoms with Crippen molar-refractivity contribution in [3.05, 3.63) is 58.9 Å². The number of hydrogen-bond donors (Lipinski definition) is 3. The lowest BCUT2D eigenvalue weighted by Crippen LogP contribution is -2.41. The predicted molar refractivity (Wildman–Crippen MR) is 80.6 cm³/mol. The van der Waals surface area contributed by atoms with Gasteiger partial charge < -0.3 is 4.98 Å². The lowest BCUT2D eigenvalue weighted by Gasteiger charge is -2.08. The number of aromatic amines is 1. The first-order valence-electron chi connectivity index (χ1n) is 6.85. The van der Waals surface area contributed by atoms with Crippen molar-refractivity contribution in [2.45, 2.75) is 26.7 Å². The van der Waals surface area contributed by atoms with Crippen LogP contribution in [0.4, 0.5) is 0 Å². The highest BCUT2D eigenvalue weighted by Crippen LogP contribution is 2.12. The van der Waals surface area contributed by atoms with Gasteiger partial charge in [-0.25, -0.2) is 0 Å². The Hall–Kier alpha value is -2.56. The normalized spacial score (nSPS) is 10.2. The van der Waals surface area contributed by atoms with Gasteiger partial charge in [0, 0.05) is 12.6 Å². The molecule has 21 heavy (non-hydrogen) atoms. The summed E-state index contributed by atoms with van der Waals surface area (Å²) in [6, 6.07) is 9.52. The zero-order valence-corrected chi connectivity index (χ0v) is 12.2. The molecule has 1 heterocycles. The number of benzene rings is 1. The highest BCUT2D eigenvalue weighted by molar-refractivity contribution is 5.93. The summed E-state index contributed by atoms with van der Waals surface area (Å²) < 4.78 is 0. The van der Waals surface area contributed by atoms with Crippen LogP contribution in [0.5, 0.6) is 0 Å². The maximum atomic E-state index is 11.7. The van der Waals surface area contributed by atoms with Crippen LogP contribution in [-0.4, -0.2) is 16.8 Å². The fraction of sp³-hybridized carbons (Fsp3) is 0.250. The molecule has 3 N–H and O–H groups in total. The lowest BCUT2D eigenvalue weighted by molar-refractivity contribution is -0.121. The summed E-state index contributed by atoms with van der Waals surface area (Å²) in [5, 5.41) is 0. The van der Waals surface area contributed by atoms with Crippen molar-refractivity contribution in [1.82, 2.24) is 15.8 Å². The monoisotopic (exact) mass is 285 g/mol. The highest BCUT2D eigenvalue weighted by Gasteiger charge is 2.08. The molecule has 0 saturated heterocycles. The summed E-state index contributed by atoms with van der Waals surface area (Å²) in [6.07, 6.45) is 2.63. The van der Waals surface area contributed by atoms with Crippen molar-refractivity contribution in [1.29, 1.82) is 0 Å². The number of aryl methyl sites for hydroxylation is 3. The van der Waals surface area contributed by atoms with Crippen LogP contribution in [0.3, 0.4) is 0 Å². The van der Waals surface area contributed by atoms with Crippen LogP contribution in [0.2, 0.25) is 0 Å². The molecule has 0 aliphatic heterocycles. The molecule has 5 nitrogen and oxygen atoms in total. The van der Waals surface area contributed by atoms with Crippen LogP contribution in [-0.2, 0) is 11.2 Å². The number of H-pyrrole nitrogens is 1. The molecular weight excluding hydrogens is 266 g/mol. The van der Waals surface area contributed by atoms with Gasteiger partial charge in [0.05, 0.1) is 0 Å². The number of rotatable bonds is 4. The van der Waals surface area contributed by atoms with E-state index in [0.717, 1.165) is 5.56 Å². The molecule has 0 saturated carbocycles. The van der Waals surface area contributed by atoms with Gasteiger partial charge in [0.2, 0.25) is 5.91 Å². The van der Waals surface area contributed by atoms with E-state index in [9.17, 15) is 9.59 Å². The quantitative estimate of drug-likeness (QED) is 0.752. The SMILES string of the molecule is Cc1ccc(CCC(=O)NNC(=O)c2ccc[nH]2)c(C)c1. The van der Waals surface area contributed by atoms with E-state index in [1.54, 1.807) is 18.3 Å². The number of hydrazine groups is 1. The molecule has 2 rings (SSSR count). The molecule has 5 heteroatoms. The van der Waals surface area contributed by atoms with Gasteiger partial charge in [0.1, 0.15) is 5.69 Å². The van der Waals surface area contributed by atoms with Crippen molar-refractivity contribution >= 4 is 11.8 Å². The van der Waals surface area contributed by atoms with Crippen molar-refractivity contribution in [2.24, 2.45) is 0 Å². The molecule has 0 radical (unpaired) electrons. The Kier molecular flexibility index (Phi) is 4.77. The molecule has 0 fully saturated rings. The molecule has 1 aromatic heterocycles. The third kappa shape index (κ3) is 4.21. The van der Waals surface area contributed by atoms with E-state index in [-0.39, 0.29) is 11.8 Å². The summed E-state index contributed by atoms with van der Waals surface area (Å²) in [5.41, 5.74) is 8.73. The second-order valence-electron chi connectivity index (χ2n) is 5.02. The van der Waals surface area contributed by atoms with Crippen LogP contribution in [0.15, 0.2) is 36.5 Å². The van der Waals surface area contributed by atoms with Gasteiger partial charge in [-0.3, -0.25) is 20.4 Å². The number of amides is 2. The second kappa shape index (κ2) is 6.74. The largest absolute Gasteiger partial charge is 0.357 e. The first-order chi connectivity index (χ1) is 10.1. The third-order valence-electron chi connectivity index (χ3n) is 3.28. The number of carbonyl (C=O) groups excluding carboxylic acids is 2. The number of aromatic nitrogens is 1. The highest BCUT2D eigenvalue weighted by atomic mass is 16.2. The third-order valence-corrected chi connectivity index (χ3v) is 3.28. The Morgan fingerprint density at radius 2 is 1.95 bits per heavy atom. The first kappa shape index (κ1) is 14.8. The summed E-state index contributed by atoms with van der Waals surface area (Å²) in [5.74, 6) is -0.574. The Balaban J connectivity index is 1.78. The molecule has 0 aliphatic carbocycles. The van der Waals surface area contributed by atoms with Gasteiger partial charge in [-0.1, -0.05) is 23.8 Å². The summed E-state index contributed by atoms with van der Waals surface area (Å²) in [6.45, 7) is 4.08. The minimum absolute atomic E-state index is 0.213. The summed E-state index contributed by atoms with van der Waals surface area (Å²) in [4.78, 5) is 26.1. The molecule has 0 unspecified atom stereocenters. The van der Waals surface area contributed by atoms with Gasteiger partial charge >= 0.3 is 0 Å². The topological polar surface area (TPSA) is 74.0 Å². The van der Waals surface area contributed by atoms with E-state index in [1.807, 2.05) is 26.0 Å². The van der Waals surface area contributed by atoms with E-state index in [0.29, 0.717) is 18.5 Å². The zero-order chi connectivity index (χ0) is 15.2. The van der Waals surface area contributed by atoms with E-state index in [1.165, 1.54) is 11.1 Å². The van der Waals surface area contributed by atoms with Crippen LogP contribution in [0, 0.1) is 13.8 Å². The van der Waals surface area contributed by atoms with Gasteiger partial charge in [0.15, 0.2) is 0 Å². The Morgan fingerprint density at radius 1 is 1.14 bits per heavy atom. The Morgan fingerprint density at radius 3 is 2.62 bits per heavy atom. The van der Waals surface area contributed by atoms with Crippen molar-refractivity contribution in [2.75, 3.05) is 0 Å². The fourth-order valence-corrected chi connectivity index (χ4v) is 2.10. The van der Waals surface area contributed by atoms with E-state index < -0.39 is 0 Å². The van der Waals surface area contributed by atoms with Crippen molar-refractivity contribution in [3.63, 3.8) is 0 Å². The molecular formula is C16H19N3O2. The maximum absolute atomic E-state index is 11.7. The Labute approximate surface area is 123 Å². The summed E-state index contributed by atoms with van der Waals surface area (Å²) in [7, 11) is 0. The Bertz CT molecular complexity index is 633. The molecule has 1 aromatic carbocycles. The van der Waals surface area contributed by atoms with E-state index >= 15 is 0 Å². The molecule has 0 spiro atoms. The van der Waals surface area contributed by atoms with E-state index in [4.69, 9.17) is 0 Å². The fourth-order valence-electron chi connectivity index (χ4n) is 2.10. The molecule has 2 amide bonds. The molecule has 2 aromatic rings. The van der Waals surface area contributed by atoms with Crippen LogP contribution in [0.25, 0.3) is 0 Å². The number of hydrogen-bond acceptors (Lipinski definition) is 2. The molecule has 0 atom stereocenters. The standard InChI is InChI=1S/C16H19N3O2/c1-11-5-6-13(12(2)10-11)7-8-15(20)18-19-16(21)14-4-3-9-17-14/h3-6,9-10,17H,7-8H2,1-2H3,(H,18,20)(H,19,21). The minimum Gasteiger partial charge on any atom is -0.357 e. The van der Waals surface area contributed by atoms with Gasteiger partial charge in [-0.2, -0.15) is 0 Å². The first-order valence-corrected chi connectivity index (χ1v) is 6.85. The lowest BCUT2D eigenvalue weighted by atomic mass is 10.0. The van der Waals surface area contributed by atoms with Crippen LogP contribution < -0.4 is 10.9 Å². The predicted octanol–water partition coefficient (Wildman–Crippen LogP) is 2.03. The van der Waals surface area contributed by atoms with Crippen LogP contribution in [0.1, 0.15) is 33.6 Å². The minimum atomic E-state index is -0.361. The average molecular weight is 285 g/mol. The molecule has 110 valence electrons. The van der Waals surface area contributed by atoms with Gasteiger partial charge in [-0.15, -0.1) is 0 Å². The van der Waals surface area contributed by atoms with Crippen molar-refractivity contribution in [3.8, 4) is 0 Å². The molecule has 0 aliphatic rings. The second-order valence-corrected chi connectivity index (χ2v) is 5.02. The zero-order valence-electron chi connectivity index (χ0n) is 12.2. The van der Waals surface area contributed by atoms with Crippen molar-refractivity contribution < 1.29 is 9.59 Å².